The molecule has 2 N–H and O–H groups in total. The molecule has 8 heteroatoms. The van der Waals surface area contributed by atoms with Crippen LogP contribution in [-0.2, 0) is 20.6 Å². The molecule has 1 aliphatic carbocycles. The topological polar surface area (TPSA) is 83.5 Å². The van der Waals surface area contributed by atoms with E-state index < -0.39 is 39.5 Å². The molecule has 1 saturated carbocycles. The fourth-order valence-electron chi connectivity index (χ4n) is 2.53. The molecule has 116 valence electrons. The van der Waals surface area contributed by atoms with Crippen molar-refractivity contribution in [1.82, 2.24) is 4.72 Å². The van der Waals surface area contributed by atoms with E-state index in [1.165, 1.54) is 6.07 Å². The lowest BCUT2D eigenvalue weighted by atomic mass is 10.1. The van der Waals surface area contributed by atoms with Crippen LogP contribution in [-0.4, -0.2) is 25.5 Å². The first-order valence-electron chi connectivity index (χ1n) is 6.45. The molecule has 0 aliphatic heterocycles. The van der Waals surface area contributed by atoms with Gasteiger partial charge in [0, 0.05) is 11.1 Å². The molecular formula is C13H15ClFNO4S. The van der Waals surface area contributed by atoms with Gasteiger partial charge in [-0.25, -0.2) is 17.5 Å². The van der Waals surface area contributed by atoms with Crippen molar-refractivity contribution < 1.29 is 22.7 Å². The molecule has 0 amide bonds. The number of hydrogen-bond acceptors (Lipinski definition) is 3. The molecule has 1 aromatic carbocycles. The Morgan fingerprint density at radius 1 is 1.43 bits per heavy atom. The molecule has 0 saturated heterocycles. The van der Waals surface area contributed by atoms with Crippen LogP contribution in [0.25, 0.3) is 0 Å². The summed E-state index contributed by atoms with van der Waals surface area (Å²) in [5.74, 6) is -2.78. The zero-order valence-corrected chi connectivity index (χ0v) is 12.6. The number of carboxylic acids is 1. The first-order chi connectivity index (χ1) is 9.78. The number of rotatable bonds is 5. The van der Waals surface area contributed by atoms with Crippen LogP contribution >= 0.6 is 11.6 Å². The van der Waals surface area contributed by atoms with Crippen LogP contribution in [0.1, 0.15) is 24.8 Å². The Kier molecular flexibility index (Phi) is 4.85. The lowest BCUT2D eigenvalue weighted by Gasteiger charge is -2.17. The Morgan fingerprint density at radius 3 is 2.81 bits per heavy atom. The highest BCUT2D eigenvalue weighted by atomic mass is 35.5. The minimum Gasteiger partial charge on any atom is -0.481 e. The molecule has 1 aromatic rings. The maximum atomic E-state index is 13.1. The third-order valence-electron chi connectivity index (χ3n) is 3.52. The number of hydrogen-bond donors (Lipinski definition) is 2. The molecule has 1 fully saturated rings. The number of aliphatic carboxylic acids is 1. The van der Waals surface area contributed by atoms with Crippen LogP contribution in [0.4, 0.5) is 4.39 Å². The van der Waals surface area contributed by atoms with Crippen LogP contribution in [0.15, 0.2) is 18.2 Å². The molecule has 5 nitrogen and oxygen atoms in total. The molecular weight excluding hydrogens is 321 g/mol. The van der Waals surface area contributed by atoms with Crippen molar-refractivity contribution in [2.75, 3.05) is 0 Å². The molecule has 0 heterocycles. The molecule has 0 unspecified atom stereocenters. The van der Waals surface area contributed by atoms with Crippen molar-refractivity contribution >= 4 is 27.6 Å². The van der Waals surface area contributed by atoms with Gasteiger partial charge in [0.15, 0.2) is 0 Å². The van der Waals surface area contributed by atoms with E-state index in [1.807, 2.05) is 0 Å². The van der Waals surface area contributed by atoms with Crippen molar-refractivity contribution in [1.29, 1.82) is 0 Å². The third-order valence-corrected chi connectivity index (χ3v) is 5.24. The van der Waals surface area contributed by atoms with Crippen LogP contribution in [0, 0.1) is 11.7 Å². The maximum Gasteiger partial charge on any atom is 0.308 e. The lowest BCUT2D eigenvalue weighted by molar-refractivity contribution is -0.141. The van der Waals surface area contributed by atoms with Crippen molar-refractivity contribution in [2.45, 2.75) is 31.1 Å². The SMILES string of the molecule is O=C(O)[C@@H]1CCC[C@H]1NS(=O)(=O)Cc1cc(F)ccc1Cl. The molecule has 1 aliphatic rings. The molecule has 0 spiro atoms. The highest BCUT2D eigenvalue weighted by Gasteiger charge is 2.35. The lowest BCUT2D eigenvalue weighted by Crippen LogP contribution is -2.40. The Hall–Kier alpha value is -1.18. The first kappa shape index (κ1) is 16.2. The van der Waals surface area contributed by atoms with E-state index in [1.54, 1.807) is 0 Å². The highest BCUT2D eigenvalue weighted by Crippen LogP contribution is 2.27. The normalized spacial score (nSPS) is 22.4. The predicted octanol–water partition coefficient (Wildman–Crippen LogP) is 2.15. The Balaban J connectivity index is 2.12. The van der Waals surface area contributed by atoms with E-state index in [0.717, 1.165) is 12.1 Å². The summed E-state index contributed by atoms with van der Waals surface area (Å²) in [5.41, 5.74) is 0.147. The van der Waals surface area contributed by atoms with Crippen LogP contribution < -0.4 is 4.72 Å². The van der Waals surface area contributed by atoms with Crippen LogP contribution in [0.5, 0.6) is 0 Å². The highest BCUT2D eigenvalue weighted by molar-refractivity contribution is 7.88. The van der Waals surface area contributed by atoms with E-state index in [0.29, 0.717) is 19.3 Å². The fourth-order valence-corrected chi connectivity index (χ4v) is 4.27. The Bertz CT molecular complexity index is 650. The van der Waals surface area contributed by atoms with Gasteiger partial charge < -0.3 is 5.11 Å². The third kappa shape index (κ3) is 4.15. The second-order valence-electron chi connectivity index (χ2n) is 5.09. The number of carboxylic acid groups (broad SMARTS) is 1. The molecule has 0 bridgehead atoms. The van der Waals surface area contributed by atoms with E-state index in [4.69, 9.17) is 16.7 Å². The quantitative estimate of drug-likeness (QED) is 0.863. The average Bonchev–Trinajstić information content (AvgIpc) is 2.80. The van der Waals surface area contributed by atoms with Crippen molar-refractivity contribution in [3.05, 3.63) is 34.6 Å². The van der Waals surface area contributed by atoms with Gasteiger partial charge in [-0.15, -0.1) is 0 Å². The van der Waals surface area contributed by atoms with Gasteiger partial charge in [-0.3, -0.25) is 4.79 Å². The van der Waals surface area contributed by atoms with Gasteiger partial charge in [0.25, 0.3) is 0 Å². The van der Waals surface area contributed by atoms with Gasteiger partial charge in [-0.2, -0.15) is 0 Å². The predicted molar refractivity (Wildman–Crippen MR) is 75.9 cm³/mol. The molecule has 0 aromatic heterocycles. The van der Waals surface area contributed by atoms with Gasteiger partial charge in [-0.1, -0.05) is 18.0 Å². The van der Waals surface area contributed by atoms with Gasteiger partial charge in [-0.05, 0) is 36.6 Å². The average molecular weight is 336 g/mol. The van der Waals surface area contributed by atoms with Crippen LogP contribution in [0.3, 0.4) is 0 Å². The summed E-state index contributed by atoms with van der Waals surface area (Å²) in [7, 11) is -3.79. The second-order valence-corrected chi connectivity index (χ2v) is 7.26. The van der Waals surface area contributed by atoms with Gasteiger partial charge in [0.1, 0.15) is 5.82 Å². The standard InChI is InChI=1S/C13H15ClFNO4S/c14-11-5-4-9(15)6-8(11)7-21(19,20)16-12-3-1-2-10(12)13(17)18/h4-6,10,12,16H,1-3,7H2,(H,17,18)/t10-,12-/m1/s1. The smallest absolute Gasteiger partial charge is 0.308 e. The summed E-state index contributed by atoms with van der Waals surface area (Å²) >= 11 is 5.85. The van der Waals surface area contributed by atoms with E-state index in [-0.39, 0.29) is 10.6 Å². The minimum atomic E-state index is -3.79. The number of carbonyl (C=O) groups is 1. The molecule has 2 rings (SSSR count). The second kappa shape index (κ2) is 6.29. The summed E-state index contributed by atoms with van der Waals surface area (Å²) in [5, 5.41) is 9.20. The zero-order chi connectivity index (χ0) is 15.6. The summed E-state index contributed by atoms with van der Waals surface area (Å²) < 4.78 is 39.7. The van der Waals surface area contributed by atoms with Crippen molar-refractivity contribution in [3.63, 3.8) is 0 Å². The molecule has 0 radical (unpaired) electrons. The maximum absolute atomic E-state index is 13.1. The summed E-state index contributed by atoms with van der Waals surface area (Å²) in [6.07, 6.45) is 1.58. The van der Waals surface area contributed by atoms with Gasteiger partial charge in [0.2, 0.25) is 10.0 Å². The Morgan fingerprint density at radius 2 is 2.14 bits per heavy atom. The largest absolute Gasteiger partial charge is 0.481 e. The van der Waals surface area contributed by atoms with E-state index in [2.05, 4.69) is 4.72 Å². The number of benzene rings is 1. The van der Waals surface area contributed by atoms with Gasteiger partial charge >= 0.3 is 5.97 Å². The summed E-state index contributed by atoms with van der Waals surface area (Å²) in [4.78, 5) is 11.0. The molecule has 2 atom stereocenters. The minimum absolute atomic E-state index is 0.147. The summed E-state index contributed by atoms with van der Waals surface area (Å²) in [6.45, 7) is 0. The van der Waals surface area contributed by atoms with E-state index >= 15 is 0 Å². The summed E-state index contributed by atoms with van der Waals surface area (Å²) in [6, 6.07) is 2.87. The van der Waals surface area contributed by atoms with Crippen LogP contribution in [0.2, 0.25) is 5.02 Å². The number of sulfonamides is 1. The van der Waals surface area contributed by atoms with Gasteiger partial charge in [0.05, 0.1) is 11.7 Å². The zero-order valence-electron chi connectivity index (χ0n) is 11.1. The fraction of sp³-hybridized carbons (Fsp3) is 0.462. The monoisotopic (exact) mass is 335 g/mol. The van der Waals surface area contributed by atoms with Crippen molar-refractivity contribution in [3.8, 4) is 0 Å². The number of halogens is 2. The van der Waals surface area contributed by atoms with E-state index in [9.17, 15) is 17.6 Å². The number of nitrogens with one attached hydrogen (secondary N) is 1. The van der Waals surface area contributed by atoms with Crippen molar-refractivity contribution in [2.24, 2.45) is 5.92 Å². The Labute approximate surface area is 127 Å². The molecule has 21 heavy (non-hydrogen) atoms. The first-order valence-corrected chi connectivity index (χ1v) is 8.48.